The minimum atomic E-state index is -3.24. The van der Waals surface area contributed by atoms with Crippen molar-refractivity contribution in [3.63, 3.8) is 0 Å². The molecule has 0 radical (unpaired) electrons. The van der Waals surface area contributed by atoms with Gasteiger partial charge < -0.3 is 4.74 Å². The first-order valence-corrected chi connectivity index (χ1v) is 10.00. The van der Waals surface area contributed by atoms with Crippen LogP contribution in [-0.2, 0) is 20.4 Å². The molecule has 2 N–H and O–H groups in total. The first-order chi connectivity index (χ1) is 12.7. The Bertz CT molecular complexity index is 946. The molecule has 0 aromatic heterocycles. The van der Waals surface area contributed by atoms with Crippen molar-refractivity contribution >= 4 is 21.7 Å². The van der Waals surface area contributed by atoms with Gasteiger partial charge in [0.05, 0.1) is 5.75 Å². The second-order valence-corrected chi connectivity index (χ2v) is 8.04. The molecule has 0 aliphatic heterocycles. The van der Waals surface area contributed by atoms with E-state index >= 15 is 0 Å². The van der Waals surface area contributed by atoms with Crippen LogP contribution in [0.15, 0.2) is 48.5 Å². The molecule has 27 heavy (non-hydrogen) atoms. The van der Waals surface area contributed by atoms with Crippen molar-refractivity contribution in [2.45, 2.75) is 18.8 Å². The topological polar surface area (TPSA) is 102 Å². The Morgan fingerprint density at radius 3 is 2.48 bits per heavy atom. The van der Waals surface area contributed by atoms with Crippen molar-refractivity contribution in [1.82, 2.24) is 10.9 Å². The third kappa shape index (κ3) is 6.37. The van der Waals surface area contributed by atoms with Crippen LogP contribution in [0.25, 0.3) is 0 Å². The number of rotatable bonds is 6. The molecule has 2 aromatic carbocycles. The van der Waals surface area contributed by atoms with Crippen LogP contribution in [-0.4, -0.2) is 32.6 Å². The Hall–Kier alpha value is -2.94. The second kappa shape index (κ2) is 8.63. The van der Waals surface area contributed by atoms with E-state index in [9.17, 15) is 22.4 Å². The van der Waals surface area contributed by atoms with E-state index in [-0.39, 0.29) is 17.1 Å². The van der Waals surface area contributed by atoms with E-state index in [1.165, 1.54) is 37.3 Å². The molecule has 0 fully saturated rings. The minimum Gasteiger partial charge on any atom is -0.478 e. The van der Waals surface area contributed by atoms with Gasteiger partial charge in [-0.15, -0.1) is 0 Å². The maximum absolute atomic E-state index is 13.5. The Morgan fingerprint density at radius 1 is 1.11 bits per heavy atom. The lowest BCUT2D eigenvalue weighted by Gasteiger charge is -2.15. The van der Waals surface area contributed by atoms with Crippen LogP contribution in [0.5, 0.6) is 5.75 Å². The zero-order valence-electron chi connectivity index (χ0n) is 14.7. The van der Waals surface area contributed by atoms with Crippen LogP contribution in [0.2, 0.25) is 0 Å². The molecular weight excluding hydrogens is 375 g/mol. The summed E-state index contributed by atoms with van der Waals surface area (Å²) in [6, 6.07) is 11.7. The second-order valence-electron chi connectivity index (χ2n) is 5.90. The summed E-state index contributed by atoms with van der Waals surface area (Å²) < 4.78 is 41.4. The number of halogens is 1. The van der Waals surface area contributed by atoms with Crippen molar-refractivity contribution in [2.24, 2.45) is 0 Å². The summed E-state index contributed by atoms with van der Waals surface area (Å²) in [6.45, 7) is 1.40. The van der Waals surface area contributed by atoms with Crippen molar-refractivity contribution in [2.75, 3.05) is 6.26 Å². The summed E-state index contributed by atoms with van der Waals surface area (Å²) in [7, 11) is -3.24. The summed E-state index contributed by atoms with van der Waals surface area (Å²) in [5, 5.41) is 0. The van der Waals surface area contributed by atoms with Gasteiger partial charge in [-0.2, -0.15) is 0 Å². The van der Waals surface area contributed by atoms with E-state index in [4.69, 9.17) is 4.74 Å². The third-order valence-electron chi connectivity index (χ3n) is 3.43. The first-order valence-electron chi connectivity index (χ1n) is 7.94. The van der Waals surface area contributed by atoms with Crippen LogP contribution in [0, 0.1) is 5.82 Å². The van der Waals surface area contributed by atoms with E-state index < -0.39 is 33.6 Å². The maximum atomic E-state index is 13.5. The number of amides is 2. The number of nitrogens with one attached hydrogen (secondary N) is 2. The van der Waals surface area contributed by atoms with E-state index in [0.717, 1.165) is 6.26 Å². The molecule has 0 aliphatic carbocycles. The molecule has 144 valence electrons. The summed E-state index contributed by atoms with van der Waals surface area (Å²) in [5.74, 6) is -2.20. The van der Waals surface area contributed by atoms with Gasteiger partial charge in [0, 0.05) is 11.8 Å². The average Bonchev–Trinajstić information content (AvgIpc) is 2.60. The lowest BCUT2D eigenvalue weighted by atomic mass is 10.1. The molecule has 0 heterocycles. The van der Waals surface area contributed by atoms with Crippen molar-refractivity contribution in [3.8, 4) is 5.75 Å². The van der Waals surface area contributed by atoms with E-state index in [1.54, 1.807) is 18.2 Å². The molecule has 0 saturated carbocycles. The number of carbonyl (C=O) groups excluding carboxylic acids is 2. The molecule has 0 aliphatic rings. The van der Waals surface area contributed by atoms with Crippen LogP contribution >= 0.6 is 0 Å². The lowest BCUT2D eigenvalue weighted by molar-refractivity contribution is -0.128. The van der Waals surface area contributed by atoms with Crippen molar-refractivity contribution < 1.29 is 27.1 Å². The Labute approximate surface area is 156 Å². The molecule has 0 saturated heterocycles. The molecule has 1 unspecified atom stereocenters. The number of carbonyl (C=O) groups is 2. The normalized spacial score (nSPS) is 12.1. The molecule has 1 atom stereocenters. The Kier molecular flexibility index (Phi) is 6.51. The minimum absolute atomic E-state index is 0.0834. The van der Waals surface area contributed by atoms with Gasteiger partial charge in [-0.1, -0.05) is 24.3 Å². The number of para-hydroxylation sites is 1. The number of hydrazine groups is 1. The van der Waals surface area contributed by atoms with Gasteiger partial charge in [-0.3, -0.25) is 20.4 Å². The first kappa shape index (κ1) is 20.4. The summed E-state index contributed by atoms with van der Waals surface area (Å²) in [5.41, 5.74) is 5.02. The van der Waals surface area contributed by atoms with Crippen molar-refractivity contribution in [1.29, 1.82) is 0 Å². The van der Waals surface area contributed by atoms with Crippen molar-refractivity contribution in [3.05, 3.63) is 65.5 Å². The highest BCUT2D eigenvalue weighted by Gasteiger charge is 2.17. The molecule has 9 heteroatoms. The molecular formula is C18H19FN2O5S. The number of sulfone groups is 1. The molecule has 2 rings (SSSR count). The summed E-state index contributed by atoms with van der Waals surface area (Å²) >= 11 is 0. The van der Waals surface area contributed by atoms with Gasteiger partial charge in [0.2, 0.25) is 0 Å². The standard InChI is InChI=1S/C18H19FN2O5S/c1-12(26-16-9-4-3-8-15(16)19)17(22)20-21-18(23)14-7-5-6-13(10-14)11-27(2,24)25/h3-10,12H,11H2,1-2H3,(H,20,22)(H,21,23). The number of hydrogen-bond donors (Lipinski definition) is 2. The van der Waals surface area contributed by atoms with Gasteiger partial charge in [0.25, 0.3) is 11.8 Å². The number of hydrogen-bond acceptors (Lipinski definition) is 5. The average molecular weight is 394 g/mol. The highest BCUT2D eigenvalue weighted by Crippen LogP contribution is 2.17. The number of benzene rings is 2. The van der Waals surface area contributed by atoms with Crippen LogP contribution in [0.1, 0.15) is 22.8 Å². The predicted molar refractivity (Wildman–Crippen MR) is 97.1 cm³/mol. The van der Waals surface area contributed by atoms with Gasteiger partial charge in [-0.05, 0) is 36.8 Å². The summed E-state index contributed by atoms with van der Waals surface area (Å²) in [6.07, 6.45) is 0.0375. The van der Waals surface area contributed by atoms with Crippen LogP contribution in [0.3, 0.4) is 0 Å². The van der Waals surface area contributed by atoms with Crippen LogP contribution < -0.4 is 15.6 Å². The fourth-order valence-electron chi connectivity index (χ4n) is 2.18. The fourth-order valence-corrected chi connectivity index (χ4v) is 2.97. The summed E-state index contributed by atoms with van der Waals surface area (Å²) in [4.78, 5) is 24.1. The van der Waals surface area contributed by atoms with E-state index in [0.29, 0.717) is 5.56 Å². The molecule has 2 aromatic rings. The van der Waals surface area contributed by atoms with Gasteiger partial charge in [0.1, 0.15) is 0 Å². The molecule has 2 amide bonds. The molecule has 0 bridgehead atoms. The third-order valence-corrected chi connectivity index (χ3v) is 4.28. The van der Waals surface area contributed by atoms with Gasteiger partial charge in [0.15, 0.2) is 27.5 Å². The quantitative estimate of drug-likeness (QED) is 0.725. The largest absolute Gasteiger partial charge is 0.478 e. The molecule has 7 nitrogen and oxygen atoms in total. The highest BCUT2D eigenvalue weighted by molar-refractivity contribution is 7.89. The van der Waals surface area contributed by atoms with E-state index in [1.807, 2.05) is 0 Å². The Balaban J connectivity index is 1.94. The van der Waals surface area contributed by atoms with E-state index in [2.05, 4.69) is 10.9 Å². The SMILES string of the molecule is CC(Oc1ccccc1F)C(=O)NNC(=O)c1cccc(CS(C)(=O)=O)c1. The lowest BCUT2D eigenvalue weighted by Crippen LogP contribution is -2.47. The fraction of sp³-hybridized carbons (Fsp3) is 0.222. The van der Waals surface area contributed by atoms with Gasteiger partial charge >= 0.3 is 0 Å². The zero-order valence-corrected chi connectivity index (χ0v) is 15.5. The predicted octanol–water partition coefficient (Wildman–Crippen LogP) is 1.60. The maximum Gasteiger partial charge on any atom is 0.279 e. The molecule has 0 spiro atoms. The highest BCUT2D eigenvalue weighted by atomic mass is 32.2. The monoisotopic (exact) mass is 394 g/mol. The smallest absolute Gasteiger partial charge is 0.279 e. The van der Waals surface area contributed by atoms with Crippen LogP contribution in [0.4, 0.5) is 4.39 Å². The number of ether oxygens (including phenoxy) is 1. The zero-order chi connectivity index (χ0) is 20.0. The van der Waals surface area contributed by atoms with Gasteiger partial charge in [-0.25, -0.2) is 12.8 Å². The Morgan fingerprint density at radius 2 is 1.81 bits per heavy atom.